The Morgan fingerprint density at radius 2 is 1.79 bits per heavy atom. The minimum absolute atomic E-state index is 0.0244. The molecule has 0 radical (unpaired) electrons. The van der Waals surface area contributed by atoms with Crippen LogP contribution in [0.4, 0.5) is 5.69 Å². The van der Waals surface area contributed by atoms with E-state index in [4.69, 9.17) is 0 Å². The Hall–Kier alpha value is -3.93. The third kappa shape index (κ3) is 4.37. The largest absolute Gasteiger partial charge is 0.481 e. The summed E-state index contributed by atoms with van der Waals surface area (Å²) in [4.78, 5) is 29.0. The molecule has 166 valence electrons. The summed E-state index contributed by atoms with van der Waals surface area (Å²) in [5.74, 6) is -0.897. The molecule has 6 nitrogen and oxygen atoms in total. The summed E-state index contributed by atoms with van der Waals surface area (Å²) >= 11 is 0. The highest BCUT2D eigenvalue weighted by molar-refractivity contribution is 5.95. The lowest BCUT2D eigenvalue weighted by molar-refractivity contribution is -0.137. The van der Waals surface area contributed by atoms with Gasteiger partial charge in [0.15, 0.2) is 0 Å². The Balaban J connectivity index is 1.37. The minimum atomic E-state index is -0.872. The molecule has 0 spiro atoms. The molecule has 0 saturated carbocycles. The lowest BCUT2D eigenvalue weighted by Gasteiger charge is -2.23. The van der Waals surface area contributed by atoms with E-state index in [-0.39, 0.29) is 24.3 Å². The summed E-state index contributed by atoms with van der Waals surface area (Å²) in [6.07, 6.45) is 4.15. The maximum Gasteiger partial charge on any atom is 0.305 e. The number of carboxylic acid groups (broad SMARTS) is 1. The van der Waals surface area contributed by atoms with Gasteiger partial charge >= 0.3 is 5.97 Å². The number of amides is 1. The quantitative estimate of drug-likeness (QED) is 0.450. The topological polar surface area (TPSA) is 84.2 Å². The van der Waals surface area contributed by atoms with E-state index >= 15 is 0 Å². The van der Waals surface area contributed by atoms with Gasteiger partial charge in [-0.05, 0) is 54.2 Å². The highest BCUT2D eigenvalue weighted by Crippen LogP contribution is 2.29. The monoisotopic (exact) mass is 439 g/mol. The van der Waals surface area contributed by atoms with Crippen LogP contribution in [0.5, 0.6) is 0 Å². The number of aryl methyl sites for hydroxylation is 1. The smallest absolute Gasteiger partial charge is 0.305 e. The fourth-order valence-electron chi connectivity index (χ4n) is 4.74. The molecule has 0 aliphatic heterocycles. The molecular formula is C27H25N3O3. The van der Waals surface area contributed by atoms with Crippen molar-refractivity contribution in [1.82, 2.24) is 9.55 Å². The van der Waals surface area contributed by atoms with Gasteiger partial charge in [0, 0.05) is 11.6 Å². The van der Waals surface area contributed by atoms with E-state index in [2.05, 4.69) is 22.4 Å². The number of nitrogens with one attached hydrogen (secondary N) is 1. The molecule has 3 aromatic carbocycles. The van der Waals surface area contributed by atoms with Gasteiger partial charge in [0.2, 0.25) is 5.91 Å². The van der Waals surface area contributed by atoms with Gasteiger partial charge in [0.25, 0.3) is 0 Å². The van der Waals surface area contributed by atoms with Gasteiger partial charge in [-0.25, -0.2) is 4.98 Å². The molecule has 1 aliphatic rings. The number of fused-ring (bicyclic) bond motifs is 2. The number of carboxylic acids is 1. The van der Waals surface area contributed by atoms with Gasteiger partial charge in [-0.1, -0.05) is 54.6 Å². The van der Waals surface area contributed by atoms with Crippen molar-refractivity contribution < 1.29 is 14.7 Å². The number of anilines is 1. The van der Waals surface area contributed by atoms with Gasteiger partial charge < -0.3 is 15.0 Å². The standard InChI is InChI=1S/C27H25N3O3/c31-26(32)16-25(19-7-2-1-3-8-19)30-17-28-23-15-22(12-13-24(23)30)29-27(33)21-11-10-18-6-4-5-9-20(18)14-21/h1-9,12-13,15,17,21,25H,10-11,14,16H2,(H,29,33)(H,31,32). The Labute approximate surface area is 191 Å². The number of aromatic nitrogens is 2. The molecule has 2 unspecified atom stereocenters. The zero-order chi connectivity index (χ0) is 22.8. The molecule has 2 N–H and O–H groups in total. The van der Waals surface area contributed by atoms with Crippen LogP contribution in [0.15, 0.2) is 79.1 Å². The predicted octanol–water partition coefficient (Wildman–Crippen LogP) is 4.84. The molecule has 4 aromatic rings. The number of carbonyl (C=O) groups excluding carboxylic acids is 1. The molecule has 5 rings (SSSR count). The van der Waals surface area contributed by atoms with Crippen molar-refractivity contribution in [3.63, 3.8) is 0 Å². The van der Waals surface area contributed by atoms with Crippen molar-refractivity contribution in [3.8, 4) is 0 Å². The van der Waals surface area contributed by atoms with Crippen LogP contribution in [0.25, 0.3) is 11.0 Å². The van der Waals surface area contributed by atoms with Gasteiger partial charge in [0.05, 0.1) is 29.8 Å². The Bertz CT molecular complexity index is 1310. The SMILES string of the molecule is O=C(O)CC(c1ccccc1)n1cnc2cc(NC(=O)C3CCc4ccccc4C3)ccc21. The van der Waals surface area contributed by atoms with Crippen LogP contribution >= 0.6 is 0 Å². The second kappa shape index (κ2) is 8.90. The summed E-state index contributed by atoms with van der Waals surface area (Å²) in [6, 6.07) is 23.1. The van der Waals surface area contributed by atoms with Crippen LogP contribution < -0.4 is 5.32 Å². The first-order valence-electron chi connectivity index (χ1n) is 11.2. The van der Waals surface area contributed by atoms with Crippen LogP contribution in [0.2, 0.25) is 0 Å². The maximum absolute atomic E-state index is 12.9. The number of aliphatic carboxylic acids is 1. The van der Waals surface area contributed by atoms with E-state index in [1.807, 2.05) is 65.2 Å². The zero-order valence-corrected chi connectivity index (χ0v) is 18.1. The van der Waals surface area contributed by atoms with Crippen LogP contribution in [0, 0.1) is 5.92 Å². The van der Waals surface area contributed by atoms with Crippen LogP contribution in [0.1, 0.15) is 35.6 Å². The van der Waals surface area contributed by atoms with E-state index in [9.17, 15) is 14.7 Å². The zero-order valence-electron chi connectivity index (χ0n) is 18.1. The third-order valence-electron chi connectivity index (χ3n) is 6.45. The summed E-state index contributed by atoms with van der Waals surface area (Å²) in [6.45, 7) is 0. The molecule has 0 saturated heterocycles. The number of benzene rings is 3. The number of hydrogen-bond donors (Lipinski definition) is 2. The van der Waals surface area contributed by atoms with Crippen molar-refractivity contribution in [2.75, 3.05) is 5.32 Å². The molecule has 6 heteroatoms. The molecule has 1 aliphatic carbocycles. The molecule has 33 heavy (non-hydrogen) atoms. The van der Waals surface area contributed by atoms with Crippen molar-refractivity contribution in [2.45, 2.75) is 31.7 Å². The Kier molecular flexibility index (Phi) is 5.65. The normalized spacial score (nSPS) is 16.2. The molecule has 1 amide bonds. The average molecular weight is 440 g/mol. The van der Waals surface area contributed by atoms with Gasteiger partial charge in [-0.15, -0.1) is 0 Å². The molecular weight excluding hydrogens is 414 g/mol. The predicted molar refractivity (Wildman–Crippen MR) is 127 cm³/mol. The van der Waals surface area contributed by atoms with Gasteiger partial charge in [0.1, 0.15) is 0 Å². The summed E-state index contributed by atoms with van der Waals surface area (Å²) in [5, 5.41) is 12.5. The van der Waals surface area contributed by atoms with E-state index in [0.29, 0.717) is 11.2 Å². The highest BCUT2D eigenvalue weighted by Gasteiger charge is 2.25. The van der Waals surface area contributed by atoms with E-state index in [1.165, 1.54) is 11.1 Å². The summed E-state index contributed by atoms with van der Waals surface area (Å²) < 4.78 is 1.89. The number of hydrogen-bond acceptors (Lipinski definition) is 3. The first-order chi connectivity index (χ1) is 16.1. The van der Waals surface area contributed by atoms with E-state index in [0.717, 1.165) is 30.3 Å². The minimum Gasteiger partial charge on any atom is -0.481 e. The molecule has 1 aromatic heterocycles. The maximum atomic E-state index is 12.9. The van der Waals surface area contributed by atoms with Crippen LogP contribution in [-0.2, 0) is 22.4 Å². The second-order valence-corrected chi connectivity index (χ2v) is 8.58. The number of rotatable bonds is 6. The lowest BCUT2D eigenvalue weighted by atomic mass is 9.83. The number of imidazole rings is 1. The van der Waals surface area contributed by atoms with Crippen molar-refractivity contribution in [3.05, 3.63) is 95.8 Å². The van der Waals surface area contributed by atoms with Gasteiger partial charge in [-0.2, -0.15) is 0 Å². The summed E-state index contributed by atoms with van der Waals surface area (Å²) in [5.41, 5.74) is 5.74. The lowest BCUT2D eigenvalue weighted by Crippen LogP contribution is -2.28. The average Bonchev–Trinajstić information content (AvgIpc) is 3.25. The third-order valence-corrected chi connectivity index (χ3v) is 6.45. The van der Waals surface area contributed by atoms with Crippen LogP contribution in [-0.4, -0.2) is 26.5 Å². The van der Waals surface area contributed by atoms with Crippen molar-refractivity contribution >= 4 is 28.6 Å². The molecule has 1 heterocycles. The number of carbonyl (C=O) groups is 2. The number of nitrogens with zero attached hydrogens (tertiary/aromatic N) is 2. The second-order valence-electron chi connectivity index (χ2n) is 8.58. The summed E-state index contributed by atoms with van der Waals surface area (Å²) in [7, 11) is 0. The Morgan fingerprint density at radius 1 is 1.03 bits per heavy atom. The first kappa shape index (κ1) is 20.9. The van der Waals surface area contributed by atoms with Crippen molar-refractivity contribution in [2.24, 2.45) is 5.92 Å². The van der Waals surface area contributed by atoms with Crippen LogP contribution in [0.3, 0.4) is 0 Å². The highest BCUT2D eigenvalue weighted by atomic mass is 16.4. The Morgan fingerprint density at radius 3 is 2.58 bits per heavy atom. The van der Waals surface area contributed by atoms with E-state index < -0.39 is 5.97 Å². The first-order valence-corrected chi connectivity index (χ1v) is 11.2. The molecule has 0 bridgehead atoms. The fraction of sp³-hybridized carbons (Fsp3) is 0.222. The van der Waals surface area contributed by atoms with Crippen molar-refractivity contribution in [1.29, 1.82) is 0 Å². The van der Waals surface area contributed by atoms with E-state index in [1.54, 1.807) is 6.33 Å². The fourth-order valence-corrected chi connectivity index (χ4v) is 4.74. The molecule has 2 atom stereocenters. The molecule has 0 fully saturated rings. The van der Waals surface area contributed by atoms with Gasteiger partial charge in [-0.3, -0.25) is 9.59 Å².